The van der Waals surface area contributed by atoms with E-state index in [-0.39, 0.29) is 11.9 Å². The Kier molecular flexibility index (Phi) is 6.15. The van der Waals surface area contributed by atoms with Gasteiger partial charge < -0.3 is 20.3 Å². The van der Waals surface area contributed by atoms with E-state index in [0.717, 1.165) is 57.2 Å². The molecule has 0 bridgehead atoms. The number of anilines is 2. The van der Waals surface area contributed by atoms with Crippen LogP contribution in [0.4, 0.5) is 11.5 Å². The van der Waals surface area contributed by atoms with Crippen LogP contribution >= 0.6 is 0 Å². The van der Waals surface area contributed by atoms with Gasteiger partial charge in [-0.05, 0) is 25.0 Å². The summed E-state index contributed by atoms with van der Waals surface area (Å²) in [5, 5.41) is 0. The van der Waals surface area contributed by atoms with E-state index in [2.05, 4.69) is 9.88 Å². The van der Waals surface area contributed by atoms with Crippen molar-refractivity contribution in [2.24, 2.45) is 5.73 Å². The summed E-state index contributed by atoms with van der Waals surface area (Å²) < 4.78 is 5.33. The van der Waals surface area contributed by atoms with Crippen LogP contribution in [0.2, 0.25) is 0 Å². The van der Waals surface area contributed by atoms with Crippen molar-refractivity contribution in [3.8, 4) is 0 Å². The largest absolute Gasteiger partial charge is 0.378 e. The van der Waals surface area contributed by atoms with Gasteiger partial charge >= 0.3 is 0 Å². The Morgan fingerprint density at radius 3 is 2.59 bits per heavy atom. The van der Waals surface area contributed by atoms with Crippen molar-refractivity contribution in [1.82, 2.24) is 4.98 Å². The molecule has 2 saturated heterocycles. The average Bonchev–Trinajstić information content (AvgIpc) is 2.60. The third kappa shape index (κ3) is 3.75. The number of carbonyl (C=O) groups is 1. The first-order valence-electron chi connectivity index (χ1n) is 8.11. The van der Waals surface area contributed by atoms with Crippen molar-refractivity contribution in [1.29, 1.82) is 0 Å². The van der Waals surface area contributed by atoms with Crippen LogP contribution in [0, 0.1) is 0 Å². The number of rotatable bonds is 2. The number of morpholine rings is 1. The second-order valence-corrected chi connectivity index (χ2v) is 5.21. The number of piperidine rings is 1. The zero-order chi connectivity index (χ0) is 15.9. The number of ether oxygens (including phenoxy) is 1. The summed E-state index contributed by atoms with van der Waals surface area (Å²) in [6.45, 7) is 7.93. The van der Waals surface area contributed by atoms with Gasteiger partial charge in [-0.1, -0.05) is 13.8 Å². The van der Waals surface area contributed by atoms with Crippen molar-refractivity contribution in [3.63, 3.8) is 0 Å². The lowest BCUT2D eigenvalue weighted by atomic mass is 10.1. The molecular formula is C16H26N4O2. The smallest absolute Gasteiger partial charge is 0.243 e. The van der Waals surface area contributed by atoms with E-state index >= 15 is 0 Å². The fraction of sp³-hybridized carbons (Fsp3) is 0.625. The molecule has 2 aliphatic rings. The molecule has 122 valence electrons. The molecule has 0 radical (unpaired) electrons. The van der Waals surface area contributed by atoms with Crippen LogP contribution in [0.15, 0.2) is 18.3 Å². The van der Waals surface area contributed by atoms with Crippen LogP contribution in [0.5, 0.6) is 0 Å². The van der Waals surface area contributed by atoms with E-state index in [1.54, 1.807) is 11.1 Å². The highest BCUT2D eigenvalue weighted by Gasteiger charge is 2.27. The lowest BCUT2D eigenvalue weighted by Gasteiger charge is -2.31. The Bertz CT molecular complexity index is 472. The van der Waals surface area contributed by atoms with Crippen LogP contribution in [-0.2, 0) is 9.53 Å². The highest BCUT2D eigenvalue weighted by Crippen LogP contribution is 2.22. The summed E-state index contributed by atoms with van der Waals surface area (Å²) in [5.41, 5.74) is 6.65. The van der Waals surface area contributed by atoms with Gasteiger partial charge in [0.1, 0.15) is 5.82 Å². The van der Waals surface area contributed by atoms with Gasteiger partial charge in [0.15, 0.2) is 0 Å². The summed E-state index contributed by atoms with van der Waals surface area (Å²) in [6.07, 6.45) is 3.48. The number of hydrogen-bond acceptors (Lipinski definition) is 5. The van der Waals surface area contributed by atoms with Gasteiger partial charge in [-0.15, -0.1) is 0 Å². The topological polar surface area (TPSA) is 71.7 Å². The summed E-state index contributed by atoms with van der Waals surface area (Å²) in [7, 11) is 0. The van der Waals surface area contributed by atoms with Crippen LogP contribution in [0.25, 0.3) is 0 Å². The predicted molar refractivity (Wildman–Crippen MR) is 88.2 cm³/mol. The molecule has 0 aromatic carbocycles. The second-order valence-electron chi connectivity index (χ2n) is 5.21. The van der Waals surface area contributed by atoms with Gasteiger partial charge in [0.2, 0.25) is 5.91 Å². The molecular weight excluding hydrogens is 280 g/mol. The maximum atomic E-state index is 12.1. The van der Waals surface area contributed by atoms with Gasteiger partial charge in [-0.2, -0.15) is 0 Å². The molecule has 2 N–H and O–H groups in total. The quantitative estimate of drug-likeness (QED) is 0.894. The zero-order valence-corrected chi connectivity index (χ0v) is 13.5. The maximum Gasteiger partial charge on any atom is 0.243 e. The molecule has 1 aromatic heterocycles. The van der Waals surface area contributed by atoms with Gasteiger partial charge in [0.25, 0.3) is 0 Å². The minimum atomic E-state index is -0.373. The Balaban J connectivity index is 0.000000847. The van der Waals surface area contributed by atoms with Crippen molar-refractivity contribution < 1.29 is 9.53 Å². The molecule has 1 aromatic rings. The van der Waals surface area contributed by atoms with Crippen LogP contribution in [0.1, 0.15) is 26.7 Å². The second kappa shape index (κ2) is 8.10. The zero-order valence-electron chi connectivity index (χ0n) is 13.5. The van der Waals surface area contributed by atoms with Crippen molar-refractivity contribution >= 4 is 17.4 Å². The Morgan fingerprint density at radius 1 is 1.23 bits per heavy atom. The number of nitrogens with two attached hydrogens (primary N) is 1. The Morgan fingerprint density at radius 2 is 1.95 bits per heavy atom. The Hall–Kier alpha value is -1.66. The molecule has 0 saturated carbocycles. The molecule has 1 unspecified atom stereocenters. The SMILES string of the molecule is CC.NC1CCCN(c2ccc(N3CCOCC3)nc2)C1=O. The molecule has 0 spiro atoms. The predicted octanol–water partition coefficient (Wildman–Crippen LogP) is 1.40. The molecule has 22 heavy (non-hydrogen) atoms. The number of amides is 1. The highest BCUT2D eigenvalue weighted by atomic mass is 16.5. The fourth-order valence-electron chi connectivity index (χ4n) is 2.68. The highest BCUT2D eigenvalue weighted by molar-refractivity contribution is 5.97. The Labute approximate surface area is 132 Å². The van der Waals surface area contributed by atoms with Crippen LogP contribution in [0.3, 0.4) is 0 Å². The molecule has 6 heteroatoms. The molecule has 3 rings (SSSR count). The maximum absolute atomic E-state index is 12.1. The number of carbonyl (C=O) groups excluding carboxylic acids is 1. The van der Waals surface area contributed by atoms with Crippen molar-refractivity contribution in [2.75, 3.05) is 42.6 Å². The minimum absolute atomic E-state index is 0.00262. The molecule has 0 aliphatic carbocycles. The van der Waals surface area contributed by atoms with Gasteiger partial charge in [-0.25, -0.2) is 4.98 Å². The number of pyridine rings is 1. The molecule has 6 nitrogen and oxygen atoms in total. The van der Waals surface area contributed by atoms with Gasteiger partial charge in [0.05, 0.1) is 31.1 Å². The van der Waals surface area contributed by atoms with Gasteiger partial charge in [0, 0.05) is 19.6 Å². The lowest BCUT2D eigenvalue weighted by Crippen LogP contribution is -2.48. The van der Waals surface area contributed by atoms with E-state index in [9.17, 15) is 4.79 Å². The van der Waals surface area contributed by atoms with E-state index in [1.165, 1.54) is 0 Å². The minimum Gasteiger partial charge on any atom is -0.378 e. The van der Waals surface area contributed by atoms with E-state index in [1.807, 2.05) is 26.0 Å². The average molecular weight is 306 g/mol. The van der Waals surface area contributed by atoms with Gasteiger partial charge in [-0.3, -0.25) is 4.79 Å². The first-order chi connectivity index (χ1) is 10.8. The standard InChI is InChI=1S/C14H20N4O2.C2H6/c15-12-2-1-5-18(14(12)19)11-3-4-13(16-10-11)17-6-8-20-9-7-17;1-2/h3-4,10,12H,1-2,5-9,15H2;1-2H3. The van der Waals surface area contributed by atoms with Crippen molar-refractivity contribution in [3.05, 3.63) is 18.3 Å². The molecule has 3 heterocycles. The molecule has 1 amide bonds. The summed E-state index contributed by atoms with van der Waals surface area (Å²) >= 11 is 0. The molecule has 2 aliphatic heterocycles. The first kappa shape index (κ1) is 16.7. The first-order valence-corrected chi connectivity index (χ1v) is 8.11. The fourth-order valence-corrected chi connectivity index (χ4v) is 2.68. The third-order valence-electron chi connectivity index (χ3n) is 3.86. The monoisotopic (exact) mass is 306 g/mol. The van der Waals surface area contributed by atoms with Crippen molar-refractivity contribution in [2.45, 2.75) is 32.7 Å². The summed E-state index contributed by atoms with van der Waals surface area (Å²) in [4.78, 5) is 20.5. The number of aromatic nitrogens is 1. The van der Waals surface area contributed by atoms with E-state index in [4.69, 9.17) is 10.5 Å². The van der Waals surface area contributed by atoms with E-state index in [0.29, 0.717) is 0 Å². The molecule has 1 atom stereocenters. The molecule has 2 fully saturated rings. The summed E-state index contributed by atoms with van der Waals surface area (Å²) in [5.74, 6) is 0.933. The van der Waals surface area contributed by atoms with Crippen LogP contribution in [-0.4, -0.2) is 49.8 Å². The summed E-state index contributed by atoms with van der Waals surface area (Å²) in [6, 6.07) is 3.55. The van der Waals surface area contributed by atoms with E-state index < -0.39 is 0 Å². The lowest BCUT2D eigenvalue weighted by molar-refractivity contribution is -0.120. The van der Waals surface area contributed by atoms with Crippen LogP contribution < -0.4 is 15.5 Å². The third-order valence-corrected chi connectivity index (χ3v) is 3.86. The normalized spacial score (nSPS) is 22.1. The number of nitrogens with zero attached hydrogens (tertiary/aromatic N) is 3. The number of hydrogen-bond donors (Lipinski definition) is 1.